The SMILES string of the molecule is O=C(CCCOCc1ccccc1)N1CCCN(Cc2nccn2Cc2ccccc2)CC1. The van der Waals surface area contributed by atoms with Crippen LogP contribution in [0.15, 0.2) is 73.1 Å². The molecule has 174 valence electrons. The molecule has 0 N–H and O–H groups in total. The maximum Gasteiger partial charge on any atom is 0.222 e. The van der Waals surface area contributed by atoms with Crippen LogP contribution in [0.5, 0.6) is 0 Å². The Labute approximate surface area is 196 Å². The molecular weight excluding hydrogens is 412 g/mol. The minimum Gasteiger partial charge on any atom is -0.377 e. The van der Waals surface area contributed by atoms with Gasteiger partial charge in [0.2, 0.25) is 5.91 Å². The highest BCUT2D eigenvalue weighted by Crippen LogP contribution is 2.12. The number of hydrogen-bond acceptors (Lipinski definition) is 4. The van der Waals surface area contributed by atoms with E-state index in [9.17, 15) is 4.79 Å². The average molecular weight is 447 g/mol. The monoisotopic (exact) mass is 446 g/mol. The van der Waals surface area contributed by atoms with Crippen LogP contribution in [0.3, 0.4) is 0 Å². The van der Waals surface area contributed by atoms with E-state index in [4.69, 9.17) is 4.74 Å². The molecule has 1 fully saturated rings. The quantitative estimate of drug-likeness (QED) is 0.443. The van der Waals surface area contributed by atoms with Crippen LogP contribution in [-0.2, 0) is 29.2 Å². The predicted octanol–water partition coefficient (Wildman–Crippen LogP) is 3.96. The van der Waals surface area contributed by atoms with E-state index in [1.54, 1.807) is 0 Å². The third-order valence-corrected chi connectivity index (χ3v) is 6.09. The van der Waals surface area contributed by atoms with Gasteiger partial charge in [0.1, 0.15) is 5.82 Å². The van der Waals surface area contributed by atoms with E-state index in [2.05, 4.69) is 57.0 Å². The highest BCUT2D eigenvalue weighted by molar-refractivity contribution is 5.76. The second-order valence-corrected chi connectivity index (χ2v) is 8.61. The topological polar surface area (TPSA) is 50.6 Å². The summed E-state index contributed by atoms with van der Waals surface area (Å²) in [6, 6.07) is 20.6. The molecule has 1 aromatic heterocycles. The average Bonchev–Trinajstić information content (AvgIpc) is 3.13. The Morgan fingerprint density at radius 1 is 0.879 bits per heavy atom. The molecule has 0 unspecified atom stereocenters. The third-order valence-electron chi connectivity index (χ3n) is 6.09. The summed E-state index contributed by atoms with van der Waals surface area (Å²) in [7, 11) is 0. The predicted molar refractivity (Wildman–Crippen MR) is 130 cm³/mol. The molecule has 0 radical (unpaired) electrons. The number of amides is 1. The lowest BCUT2D eigenvalue weighted by atomic mass is 10.2. The lowest BCUT2D eigenvalue weighted by Crippen LogP contribution is -2.35. The molecule has 3 aromatic rings. The molecular formula is C27H34N4O2. The van der Waals surface area contributed by atoms with Crippen molar-refractivity contribution in [1.29, 1.82) is 0 Å². The Kier molecular flexibility index (Phi) is 8.67. The number of benzene rings is 2. The van der Waals surface area contributed by atoms with E-state index >= 15 is 0 Å². The summed E-state index contributed by atoms with van der Waals surface area (Å²) >= 11 is 0. The molecule has 0 spiro atoms. The van der Waals surface area contributed by atoms with Crippen LogP contribution >= 0.6 is 0 Å². The summed E-state index contributed by atoms with van der Waals surface area (Å²) in [4.78, 5) is 21.7. The highest BCUT2D eigenvalue weighted by Gasteiger charge is 2.20. The number of imidazole rings is 1. The molecule has 1 saturated heterocycles. The van der Waals surface area contributed by atoms with Gasteiger partial charge in [-0.15, -0.1) is 0 Å². The lowest BCUT2D eigenvalue weighted by Gasteiger charge is -2.22. The number of aromatic nitrogens is 2. The van der Waals surface area contributed by atoms with Crippen molar-refractivity contribution in [3.8, 4) is 0 Å². The van der Waals surface area contributed by atoms with Crippen molar-refractivity contribution in [2.75, 3.05) is 32.8 Å². The minimum absolute atomic E-state index is 0.241. The lowest BCUT2D eigenvalue weighted by molar-refractivity contribution is -0.131. The van der Waals surface area contributed by atoms with Gasteiger partial charge in [-0.2, -0.15) is 0 Å². The first-order valence-corrected chi connectivity index (χ1v) is 11.9. The summed E-state index contributed by atoms with van der Waals surface area (Å²) in [6.07, 6.45) is 6.25. The zero-order valence-electron chi connectivity index (χ0n) is 19.3. The standard InChI is InChI=1S/C27H34N4O2/c32-27(13-7-20-33-23-25-11-5-2-6-12-25)30-16-8-15-29(18-19-30)22-26-28-14-17-31(26)21-24-9-3-1-4-10-24/h1-6,9-12,14,17H,7-8,13,15-16,18-23H2. The fourth-order valence-electron chi connectivity index (χ4n) is 4.24. The van der Waals surface area contributed by atoms with Gasteiger partial charge in [-0.05, 0) is 24.0 Å². The van der Waals surface area contributed by atoms with Crippen LogP contribution in [0.4, 0.5) is 0 Å². The van der Waals surface area contributed by atoms with Gasteiger partial charge in [-0.1, -0.05) is 60.7 Å². The van der Waals surface area contributed by atoms with Crippen molar-refractivity contribution in [3.63, 3.8) is 0 Å². The van der Waals surface area contributed by atoms with Crippen LogP contribution in [0.25, 0.3) is 0 Å². The molecule has 2 aromatic carbocycles. The fraction of sp³-hybridized carbons (Fsp3) is 0.407. The van der Waals surface area contributed by atoms with Crippen molar-refractivity contribution in [3.05, 3.63) is 90.0 Å². The molecule has 6 heteroatoms. The Hall–Kier alpha value is -2.96. The van der Waals surface area contributed by atoms with Crippen LogP contribution in [0, 0.1) is 0 Å². The number of carbonyl (C=O) groups is 1. The molecule has 2 heterocycles. The number of rotatable bonds is 10. The Morgan fingerprint density at radius 2 is 1.64 bits per heavy atom. The second kappa shape index (κ2) is 12.3. The molecule has 0 saturated carbocycles. The number of hydrogen-bond donors (Lipinski definition) is 0. The van der Waals surface area contributed by atoms with E-state index in [0.717, 1.165) is 57.9 Å². The molecule has 1 amide bonds. The summed E-state index contributed by atoms with van der Waals surface area (Å²) < 4.78 is 7.94. The van der Waals surface area contributed by atoms with Crippen LogP contribution in [-0.4, -0.2) is 58.0 Å². The highest BCUT2D eigenvalue weighted by atomic mass is 16.5. The number of carbonyl (C=O) groups excluding carboxylic acids is 1. The summed E-state index contributed by atoms with van der Waals surface area (Å²) in [5.41, 5.74) is 2.44. The van der Waals surface area contributed by atoms with Gasteiger partial charge in [0.05, 0.1) is 13.2 Å². The molecule has 1 aliphatic rings. The van der Waals surface area contributed by atoms with Gasteiger partial charge in [-0.25, -0.2) is 4.98 Å². The Bertz CT molecular complexity index is 974. The Balaban J connectivity index is 1.18. The third kappa shape index (κ3) is 7.27. The number of nitrogens with zero attached hydrogens (tertiary/aromatic N) is 4. The van der Waals surface area contributed by atoms with Gasteiger partial charge < -0.3 is 14.2 Å². The first-order chi connectivity index (χ1) is 16.3. The van der Waals surface area contributed by atoms with Gasteiger partial charge in [0.15, 0.2) is 0 Å². The van der Waals surface area contributed by atoms with Crippen molar-refractivity contribution in [1.82, 2.24) is 19.4 Å². The zero-order valence-corrected chi connectivity index (χ0v) is 19.3. The molecule has 4 rings (SSSR count). The normalized spacial score (nSPS) is 14.8. The Morgan fingerprint density at radius 3 is 2.42 bits per heavy atom. The van der Waals surface area contributed by atoms with E-state index < -0.39 is 0 Å². The minimum atomic E-state index is 0.241. The van der Waals surface area contributed by atoms with Gasteiger partial charge in [0, 0.05) is 58.1 Å². The van der Waals surface area contributed by atoms with Crippen LogP contribution < -0.4 is 0 Å². The summed E-state index contributed by atoms with van der Waals surface area (Å²) in [6.45, 7) is 6.35. The second-order valence-electron chi connectivity index (χ2n) is 8.61. The van der Waals surface area contributed by atoms with E-state index in [-0.39, 0.29) is 5.91 Å². The molecule has 0 atom stereocenters. The van der Waals surface area contributed by atoms with Gasteiger partial charge in [-0.3, -0.25) is 9.69 Å². The van der Waals surface area contributed by atoms with Gasteiger partial charge >= 0.3 is 0 Å². The van der Waals surface area contributed by atoms with Crippen molar-refractivity contribution >= 4 is 5.91 Å². The zero-order chi connectivity index (χ0) is 22.7. The van der Waals surface area contributed by atoms with Crippen molar-refractivity contribution < 1.29 is 9.53 Å². The van der Waals surface area contributed by atoms with E-state index in [1.807, 2.05) is 35.4 Å². The first-order valence-electron chi connectivity index (χ1n) is 11.9. The van der Waals surface area contributed by atoms with Crippen LogP contribution in [0.2, 0.25) is 0 Å². The summed E-state index contributed by atoms with van der Waals surface area (Å²) in [5.74, 6) is 1.32. The maximum atomic E-state index is 12.7. The smallest absolute Gasteiger partial charge is 0.222 e. The van der Waals surface area contributed by atoms with Gasteiger partial charge in [0.25, 0.3) is 0 Å². The molecule has 1 aliphatic heterocycles. The molecule has 0 aliphatic carbocycles. The number of ether oxygens (including phenoxy) is 1. The van der Waals surface area contributed by atoms with Crippen molar-refractivity contribution in [2.24, 2.45) is 0 Å². The maximum absolute atomic E-state index is 12.7. The van der Waals surface area contributed by atoms with Crippen molar-refractivity contribution in [2.45, 2.75) is 39.0 Å². The largest absolute Gasteiger partial charge is 0.377 e. The fourth-order valence-corrected chi connectivity index (χ4v) is 4.24. The summed E-state index contributed by atoms with van der Waals surface area (Å²) in [5, 5.41) is 0. The molecule has 33 heavy (non-hydrogen) atoms. The van der Waals surface area contributed by atoms with Crippen LogP contribution in [0.1, 0.15) is 36.2 Å². The van der Waals surface area contributed by atoms with E-state index in [0.29, 0.717) is 19.6 Å². The van der Waals surface area contributed by atoms with E-state index in [1.165, 1.54) is 11.1 Å². The first kappa shape index (κ1) is 23.2. The molecule has 0 bridgehead atoms. The molecule has 6 nitrogen and oxygen atoms in total.